The van der Waals surface area contributed by atoms with Gasteiger partial charge >= 0.3 is 0 Å². The average molecular weight is 303 g/mol. The number of rotatable bonds is 1. The second kappa shape index (κ2) is 5.47. The summed E-state index contributed by atoms with van der Waals surface area (Å²) < 4.78 is 28.0. The summed E-state index contributed by atoms with van der Waals surface area (Å²) >= 11 is 3.60. The Labute approximate surface area is 110 Å². The van der Waals surface area contributed by atoms with Crippen molar-refractivity contribution in [3.8, 4) is 0 Å². The van der Waals surface area contributed by atoms with Gasteiger partial charge in [0.1, 0.15) is 11.6 Å². The van der Waals surface area contributed by atoms with Crippen LogP contribution in [0, 0.1) is 18.6 Å². The Morgan fingerprint density at radius 1 is 1.12 bits per heavy atom. The zero-order chi connectivity index (χ0) is 12.4. The summed E-state index contributed by atoms with van der Waals surface area (Å²) in [5.74, 6) is -0.789. The second-order valence-corrected chi connectivity index (χ2v) is 6.03. The maximum atomic E-state index is 14.1. The molecule has 2 atom stereocenters. The molecule has 0 aliphatic heterocycles. The van der Waals surface area contributed by atoms with Gasteiger partial charge < -0.3 is 0 Å². The van der Waals surface area contributed by atoms with Gasteiger partial charge in [-0.15, -0.1) is 0 Å². The predicted octanol–water partition coefficient (Wildman–Crippen LogP) is 5.08. The largest absolute Gasteiger partial charge is 0.207 e. The number of hydrogen-bond acceptors (Lipinski definition) is 0. The lowest BCUT2D eigenvalue weighted by Gasteiger charge is -2.22. The SMILES string of the molecule is Cc1ccc(F)c(C2CCCCCC2Br)c1F. The van der Waals surface area contributed by atoms with Gasteiger partial charge in [0.25, 0.3) is 0 Å². The van der Waals surface area contributed by atoms with Crippen LogP contribution in [-0.2, 0) is 0 Å². The van der Waals surface area contributed by atoms with Gasteiger partial charge in [-0.1, -0.05) is 41.3 Å². The molecule has 94 valence electrons. The Kier molecular flexibility index (Phi) is 4.18. The summed E-state index contributed by atoms with van der Waals surface area (Å²) in [6.07, 6.45) is 5.22. The van der Waals surface area contributed by atoms with E-state index < -0.39 is 5.82 Å². The standard InChI is InChI=1S/C14H17BrF2/c1-9-7-8-12(16)13(14(9)17)10-5-3-2-4-6-11(10)15/h7-8,10-11H,2-6H2,1H3. The molecule has 1 aliphatic rings. The van der Waals surface area contributed by atoms with Crippen LogP contribution < -0.4 is 0 Å². The number of benzene rings is 1. The second-order valence-electron chi connectivity index (χ2n) is 4.85. The molecule has 0 spiro atoms. The van der Waals surface area contributed by atoms with Crippen molar-refractivity contribution in [3.05, 3.63) is 34.9 Å². The highest BCUT2D eigenvalue weighted by Crippen LogP contribution is 2.39. The third-order valence-electron chi connectivity index (χ3n) is 3.62. The van der Waals surface area contributed by atoms with Crippen molar-refractivity contribution in [2.24, 2.45) is 0 Å². The zero-order valence-corrected chi connectivity index (χ0v) is 11.6. The van der Waals surface area contributed by atoms with E-state index in [4.69, 9.17) is 0 Å². The molecule has 0 saturated heterocycles. The van der Waals surface area contributed by atoms with Gasteiger partial charge in [0.15, 0.2) is 0 Å². The quantitative estimate of drug-likeness (QED) is 0.501. The first-order valence-electron chi connectivity index (χ1n) is 6.20. The third kappa shape index (κ3) is 2.70. The fourth-order valence-corrected chi connectivity index (χ4v) is 3.46. The van der Waals surface area contributed by atoms with Gasteiger partial charge in [-0.05, 0) is 31.4 Å². The summed E-state index contributed by atoms with van der Waals surface area (Å²) in [6, 6.07) is 2.90. The molecule has 0 heterocycles. The van der Waals surface area contributed by atoms with Crippen LogP contribution in [-0.4, -0.2) is 4.83 Å². The lowest BCUT2D eigenvalue weighted by atomic mass is 9.89. The normalized spacial score (nSPS) is 25.6. The number of halogens is 3. The average Bonchev–Trinajstić information content (AvgIpc) is 2.50. The topological polar surface area (TPSA) is 0 Å². The van der Waals surface area contributed by atoms with E-state index in [-0.39, 0.29) is 22.1 Å². The minimum absolute atomic E-state index is 0.0302. The molecule has 2 rings (SSSR count). The van der Waals surface area contributed by atoms with Gasteiger partial charge in [0.05, 0.1) is 0 Å². The van der Waals surface area contributed by atoms with Gasteiger partial charge in [-0.3, -0.25) is 0 Å². The fourth-order valence-electron chi connectivity index (χ4n) is 2.61. The van der Waals surface area contributed by atoms with Crippen molar-refractivity contribution < 1.29 is 8.78 Å². The smallest absolute Gasteiger partial charge is 0.132 e. The van der Waals surface area contributed by atoms with E-state index in [1.165, 1.54) is 12.1 Å². The van der Waals surface area contributed by atoms with Crippen molar-refractivity contribution in [1.82, 2.24) is 0 Å². The predicted molar refractivity (Wildman–Crippen MR) is 69.6 cm³/mol. The molecule has 0 amide bonds. The highest BCUT2D eigenvalue weighted by atomic mass is 79.9. The summed E-state index contributed by atoms with van der Waals surface area (Å²) in [5, 5.41) is 0. The van der Waals surface area contributed by atoms with Gasteiger partial charge in [0.2, 0.25) is 0 Å². The van der Waals surface area contributed by atoms with Gasteiger partial charge in [-0.2, -0.15) is 0 Å². The highest BCUT2D eigenvalue weighted by molar-refractivity contribution is 9.09. The lowest BCUT2D eigenvalue weighted by molar-refractivity contribution is 0.497. The molecule has 3 heteroatoms. The van der Waals surface area contributed by atoms with Crippen molar-refractivity contribution in [2.75, 3.05) is 0 Å². The van der Waals surface area contributed by atoms with E-state index in [9.17, 15) is 8.78 Å². The molecule has 1 aromatic carbocycles. The first-order valence-corrected chi connectivity index (χ1v) is 7.11. The molecule has 1 aliphatic carbocycles. The molecule has 17 heavy (non-hydrogen) atoms. The molecule has 0 N–H and O–H groups in total. The van der Waals surface area contributed by atoms with Gasteiger partial charge in [-0.25, -0.2) is 8.78 Å². The van der Waals surface area contributed by atoms with E-state index in [1.807, 2.05) is 0 Å². The number of alkyl halides is 1. The molecular weight excluding hydrogens is 286 g/mol. The summed E-state index contributed by atoms with van der Waals surface area (Å²) in [7, 11) is 0. The molecule has 0 bridgehead atoms. The lowest BCUT2D eigenvalue weighted by Crippen LogP contribution is -2.15. The molecule has 2 unspecified atom stereocenters. The Balaban J connectivity index is 2.40. The zero-order valence-electron chi connectivity index (χ0n) is 9.98. The van der Waals surface area contributed by atoms with E-state index in [0.717, 1.165) is 32.1 Å². The molecule has 0 radical (unpaired) electrons. The van der Waals surface area contributed by atoms with Crippen molar-refractivity contribution >= 4 is 15.9 Å². The van der Waals surface area contributed by atoms with Crippen molar-refractivity contribution in [3.63, 3.8) is 0 Å². The number of aryl methyl sites for hydroxylation is 1. The molecule has 1 fully saturated rings. The van der Waals surface area contributed by atoms with Gasteiger partial charge in [0, 0.05) is 16.3 Å². The fraction of sp³-hybridized carbons (Fsp3) is 0.571. The number of hydrogen-bond donors (Lipinski definition) is 0. The molecular formula is C14H17BrF2. The summed E-state index contributed by atoms with van der Waals surface area (Å²) in [5.41, 5.74) is 0.819. The van der Waals surface area contributed by atoms with E-state index in [1.54, 1.807) is 6.92 Å². The minimum atomic E-state index is -0.399. The van der Waals surface area contributed by atoms with Crippen LogP contribution in [0.1, 0.15) is 49.1 Å². The first-order chi connectivity index (χ1) is 8.11. The van der Waals surface area contributed by atoms with Crippen LogP contribution in [0.15, 0.2) is 12.1 Å². The van der Waals surface area contributed by atoms with Crippen LogP contribution in [0.3, 0.4) is 0 Å². The van der Waals surface area contributed by atoms with Crippen LogP contribution in [0.25, 0.3) is 0 Å². The minimum Gasteiger partial charge on any atom is -0.207 e. The van der Waals surface area contributed by atoms with Crippen LogP contribution in [0.4, 0.5) is 8.78 Å². The third-order valence-corrected chi connectivity index (χ3v) is 4.72. The van der Waals surface area contributed by atoms with Crippen molar-refractivity contribution in [2.45, 2.75) is 49.8 Å². The monoisotopic (exact) mass is 302 g/mol. The van der Waals surface area contributed by atoms with Crippen molar-refractivity contribution in [1.29, 1.82) is 0 Å². The summed E-state index contributed by atoms with van der Waals surface area (Å²) in [4.78, 5) is 0.191. The molecule has 1 saturated carbocycles. The Morgan fingerprint density at radius 3 is 2.59 bits per heavy atom. The van der Waals surface area contributed by atoms with Crippen LogP contribution in [0.2, 0.25) is 0 Å². The van der Waals surface area contributed by atoms with Crippen LogP contribution in [0.5, 0.6) is 0 Å². The Hall–Kier alpha value is -0.440. The Bertz CT molecular complexity index is 403. The maximum Gasteiger partial charge on any atom is 0.132 e. The highest BCUT2D eigenvalue weighted by Gasteiger charge is 2.28. The van der Waals surface area contributed by atoms with E-state index >= 15 is 0 Å². The van der Waals surface area contributed by atoms with Crippen LogP contribution >= 0.6 is 15.9 Å². The van der Waals surface area contributed by atoms with E-state index in [2.05, 4.69) is 15.9 Å². The maximum absolute atomic E-state index is 14.1. The molecule has 1 aromatic rings. The Morgan fingerprint density at radius 2 is 1.82 bits per heavy atom. The molecule has 0 aromatic heterocycles. The molecule has 0 nitrogen and oxygen atoms in total. The summed E-state index contributed by atoms with van der Waals surface area (Å²) in [6.45, 7) is 1.69. The first kappa shape index (κ1) is 13.0. The van der Waals surface area contributed by atoms with E-state index in [0.29, 0.717) is 5.56 Å².